The standard InChI is InChI=1S/C25H38N8O5/c1-3-14(2)21(23(36)32-19(24(37)38)9-6-10-29-25(27)28)33-20(34)13-31-22(35)17(26)11-15-12-30-18-8-5-4-7-16(15)18/h4-5,7-8,12,14,17,19,21,30H,3,6,9-11,13,26H2,1-2H3,(H,31,35)(H,32,36)(H,33,34)(H,37,38)(H4,27,28,29). The number of benzene rings is 1. The van der Waals surface area contributed by atoms with Crippen molar-refractivity contribution in [3.05, 3.63) is 36.0 Å². The molecule has 0 bridgehead atoms. The van der Waals surface area contributed by atoms with E-state index in [1.54, 1.807) is 13.1 Å². The number of nitrogens with zero attached hydrogens (tertiary/aromatic N) is 1. The zero-order valence-electron chi connectivity index (χ0n) is 21.7. The zero-order chi connectivity index (χ0) is 28.2. The molecule has 208 valence electrons. The van der Waals surface area contributed by atoms with Crippen LogP contribution in [0.1, 0.15) is 38.7 Å². The number of nitrogens with one attached hydrogen (secondary N) is 4. The van der Waals surface area contributed by atoms with Crippen molar-refractivity contribution in [2.45, 2.75) is 57.7 Å². The molecule has 2 rings (SSSR count). The molecule has 3 amide bonds. The molecule has 0 saturated heterocycles. The first-order chi connectivity index (χ1) is 18.0. The number of nitrogens with two attached hydrogens (primary N) is 3. The van der Waals surface area contributed by atoms with Gasteiger partial charge in [0.05, 0.1) is 12.6 Å². The first-order valence-corrected chi connectivity index (χ1v) is 12.5. The molecule has 2 aromatic rings. The van der Waals surface area contributed by atoms with Crippen molar-refractivity contribution in [3.8, 4) is 0 Å². The van der Waals surface area contributed by atoms with Gasteiger partial charge in [0.2, 0.25) is 17.7 Å². The van der Waals surface area contributed by atoms with E-state index in [4.69, 9.17) is 17.2 Å². The third kappa shape index (κ3) is 9.07. The van der Waals surface area contributed by atoms with E-state index in [9.17, 15) is 24.3 Å². The summed E-state index contributed by atoms with van der Waals surface area (Å²) in [4.78, 5) is 56.5. The number of carboxylic acids is 1. The summed E-state index contributed by atoms with van der Waals surface area (Å²) in [5, 5.41) is 18.0. The highest BCUT2D eigenvalue weighted by Crippen LogP contribution is 2.18. The molecular weight excluding hydrogens is 492 g/mol. The van der Waals surface area contributed by atoms with Crippen LogP contribution in [-0.2, 0) is 25.6 Å². The molecule has 0 fully saturated rings. The van der Waals surface area contributed by atoms with Gasteiger partial charge in [-0.1, -0.05) is 38.5 Å². The van der Waals surface area contributed by atoms with Gasteiger partial charge in [-0.3, -0.25) is 19.4 Å². The van der Waals surface area contributed by atoms with Crippen molar-refractivity contribution in [1.82, 2.24) is 20.9 Å². The molecule has 13 nitrogen and oxygen atoms in total. The van der Waals surface area contributed by atoms with Crippen LogP contribution >= 0.6 is 0 Å². The van der Waals surface area contributed by atoms with Crippen LogP contribution in [0.3, 0.4) is 0 Å². The Kier molecular flexibility index (Phi) is 11.5. The monoisotopic (exact) mass is 530 g/mol. The molecule has 0 aliphatic rings. The molecule has 11 N–H and O–H groups in total. The van der Waals surface area contributed by atoms with Crippen LogP contribution in [-0.4, -0.2) is 71.0 Å². The molecule has 0 saturated carbocycles. The van der Waals surface area contributed by atoms with Crippen LogP contribution in [0.5, 0.6) is 0 Å². The van der Waals surface area contributed by atoms with E-state index in [-0.39, 0.29) is 37.8 Å². The van der Waals surface area contributed by atoms with Gasteiger partial charge in [-0.2, -0.15) is 0 Å². The van der Waals surface area contributed by atoms with E-state index >= 15 is 0 Å². The summed E-state index contributed by atoms with van der Waals surface area (Å²) >= 11 is 0. The maximum absolute atomic E-state index is 12.9. The van der Waals surface area contributed by atoms with Gasteiger partial charge in [0.25, 0.3) is 0 Å². The number of para-hydroxylation sites is 1. The van der Waals surface area contributed by atoms with Crippen molar-refractivity contribution in [3.63, 3.8) is 0 Å². The number of aliphatic imine (C=N–C) groups is 1. The molecule has 0 aliphatic heterocycles. The number of carbonyl (C=O) groups excluding carboxylic acids is 3. The SMILES string of the molecule is CCC(C)C(NC(=O)CNC(=O)C(N)Cc1c[nH]c2ccccc12)C(=O)NC(CCCN=C(N)N)C(=O)O. The molecular formula is C25H38N8O5. The highest BCUT2D eigenvalue weighted by molar-refractivity contribution is 5.93. The second-order valence-corrected chi connectivity index (χ2v) is 9.17. The minimum absolute atomic E-state index is 0.101. The van der Waals surface area contributed by atoms with Gasteiger partial charge in [0.15, 0.2) is 5.96 Å². The predicted molar refractivity (Wildman–Crippen MR) is 144 cm³/mol. The van der Waals surface area contributed by atoms with Gasteiger partial charge >= 0.3 is 5.97 Å². The molecule has 4 unspecified atom stereocenters. The fraction of sp³-hybridized carbons (Fsp3) is 0.480. The van der Waals surface area contributed by atoms with Gasteiger partial charge in [-0.25, -0.2) is 4.79 Å². The number of fused-ring (bicyclic) bond motifs is 1. The molecule has 0 aliphatic carbocycles. The molecule has 1 aromatic heterocycles. The Labute approximate surface area is 221 Å². The molecule has 1 aromatic carbocycles. The van der Waals surface area contributed by atoms with Crippen molar-refractivity contribution < 1.29 is 24.3 Å². The third-order valence-corrected chi connectivity index (χ3v) is 6.25. The van der Waals surface area contributed by atoms with Crippen molar-refractivity contribution in [2.75, 3.05) is 13.1 Å². The average Bonchev–Trinajstić information content (AvgIpc) is 3.29. The largest absolute Gasteiger partial charge is 0.480 e. The van der Waals surface area contributed by atoms with Crippen LogP contribution in [0.15, 0.2) is 35.5 Å². The summed E-state index contributed by atoms with van der Waals surface area (Å²) in [6.45, 7) is 3.43. The Bertz CT molecular complexity index is 1140. The number of aliphatic carboxylic acids is 1. The van der Waals surface area contributed by atoms with Crippen LogP contribution in [0.2, 0.25) is 0 Å². The lowest BCUT2D eigenvalue weighted by molar-refractivity contribution is -0.142. The normalized spacial score (nSPS) is 14.1. The number of aromatic amines is 1. The first-order valence-electron chi connectivity index (χ1n) is 12.5. The lowest BCUT2D eigenvalue weighted by Gasteiger charge is -2.25. The predicted octanol–water partition coefficient (Wildman–Crippen LogP) is -0.692. The summed E-state index contributed by atoms with van der Waals surface area (Å²) in [6.07, 6.45) is 3.05. The van der Waals surface area contributed by atoms with Crippen LogP contribution in [0, 0.1) is 5.92 Å². The highest BCUT2D eigenvalue weighted by Gasteiger charge is 2.30. The van der Waals surface area contributed by atoms with Crippen molar-refractivity contribution in [2.24, 2.45) is 28.1 Å². The topological polar surface area (TPSA) is 231 Å². The second kappa shape index (κ2) is 14.6. The number of carbonyl (C=O) groups is 4. The average molecular weight is 531 g/mol. The number of guanidine groups is 1. The van der Waals surface area contributed by atoms with Gasteiger partial charge in [0, 0.05) is 23.6 Å². The van der Waals surface area contributed by atoms with Gasteiger partial charge in [-0.15, -0.1) is 0 Å². The fourth-order valence-corrected chi connectivity index (χ4v) is 3.88. The number of aromatic nitrogens is 1. The number of amides is 3. The molecule has 1 heterocycles. The maximum atomic E-state index is 12.9. The Morgan fingerprint density at radius 2 is 1.82 bits per heavy atom. The van der Waals surface area contributed by atoms with E-state index in [1.807, 2.05) is 31.2 Å². The molecule has 0 radical (unpaired) electrons. The second-order valence-electron chi connectivity index (χ2n) is 9.17. The van der Waals surface area contributed by atoms with Gasteiger partial charge < -0.3 is 43.2 Å². The van der Waals surface area contributed by atoms with E-state index in [1.165, 1.54) is 0 Å². The Morgan fingerprint density at radius 1 is 1.11 bits per heavy atom. The number of H-pyrrole nitrogens is 1. The molecule has 0 spiro atoms. The van der Waals surface area contributed by atoms with Crippen molar-refractivity contribution in [1.29, 1.82) is 0 Å². The van der Waals surface area contributed by atoms with Crippen molar-refractivity contribution >= 4 is 40.6 Å². The smallest absolute Gasteiger partial charge is 0.326 e. The quantitative estimate of drug-likeness (QED) is 0.0832. The van der Waals surface area contributed by atoms with E-state index in [0.29, 0.717) is 12.8 Å². The molecule has 13 heteroatoms. The summed E-state index contributed by atoms with van der Waals surface area (Å²) in [5.41, 5.74) is 18.4. The molecule has 4 atom stereocenters. The van der Waals surface area contributed by atoms with Crippen LogP contribution < -0.4 is 33.2 Å². The van der Waals surface area contributed by atoms with Crippen LogP contribution in [0.25, 0.3) is 10.9 Å². The summed E-state index contributed by atoms with van der Waals surface area (Å²) in [6, 6.07) is 4.59. The Hall–Kier alpha value is -4.13. The van der Waals surface area contributed by atoms with E-state index < -0.39 is 41.8 Å². The number of hydrogen-bond donors (Lipinski definition) is 8. The first kappa shape index (κ1) is 30.1. The Morgan fingerprint density at radius 3 is 2.47 bits per heavy atom. The summed E-state index contributed by atoms with van der Waals surface area (Å²) in [5.74, 6) is -3.36. The maximum Gasteiger partial charge on any atom is 0.326 e. The highest BCUT2D eigenvalue weighted by atomic mass is 16.4. The summed E-state index contributed by atoms with van der Waals surface area (Å²) in [7, 11) is 0. The van der Waals surface area contributed by atoms with E-state index in [2.05, 4.69) is 25.9 Å². The third-order valence-electron chi connectivity index (χ3n) is 6.25. The lowest BCUT2D eigenvalue weighted by Crippen LogP contribution is -2.56. The zero-order valence-corrected chi connectivity index (χ0v) is 21.7. The minimum Gasteiger partial charge on any atom is -0.480 e. The number of hydrogen-bond acceptors (Lipinski definition) is 6. The lowest BCUT2D eigenvalue weighted by atomic mass is 9.97. The van der Waals surface area contributed by atoms with E-state index in [0.717, 1.165) is 16.5 Å². The number of rotatable bonds is 15. The van der Waals surface area contributed by atoms with Gasteiger partial charge in [-0.05, 0) is 36.8 Å². The summed E-state index contributed by atoms with van der Waals surface area (Å²) < 4.78 is 0. The minimum atomic E-state index is -1.21. The number of carboxylic acid groups (broad SMARTS) is 1. The Balaban J connectivity index is 1.91. The molecule has 38 heavy (non-hydrogen) atoms. The van der Waals surface area contributed by atoms with Gasteiger partial charge in [0.1, 0.15) is 12.1 Å². The fourth-order valence-electron chi connectivity index (χ4n) is 3.88. The van der Waals surface area contributed by atoms with Crippen LogP contribution in [0.4, 0.5) is 0 Å².